The Bertz CT molecular complexity index is 628. The Morgan fingerprint density at radius 1 is 1.32 bits per heavy atom. The molecule has 0 spiro atoms. The molecule has 0 bridgehead atoms. The lowest BCUT2D eigenvalue weighted by molar-refractivity contribution is 0.633. The van der Waals surface area contributed by atoms with E-state index in [9.17, 15) is 0 Å². The molecule has 0 saturated heterocycles. The molecule has 0 unspecified atom stereocenters. The topological polar surface area (TPSA) is 28.7 Å². The normalized spacial score (nSPS) is 16.4. The maximum atomic E-state index is 5.79. The van der Waals surface area contributed by atoms with Gasteiger partial charge in [0.2, 0.25) is 0 Å². The van der Waals surface area contributed by atoms with Crippen LogP contribution in [0.15, 0.2) is 23.6 Å². The number of halogens is 1. The minimum absolute atomic E-state index is 0.104. The molecule has 1 aliphatic rings. The fourth-order valence-corrected chi connectivity index (χ4v) is 3.05. The highest BCUT2D eigenvalue weighted by Gasteiger charge is 2.15. The smallest absolute Gasteiger partial charge is 0.140 e. The summed E-state index contributed by atoms with van der Waals surface area (Å²) in [5, 5.41) is 2.99. The first kappa shape index (κ1) is 12.7. The van der Waals surface area contributed by atoms with Crippen LogP contribution in [0.1, 0.15) is 30.8 Å². The highest BCUT2D eigenvalue weighted by molar-refractivity contribution is 7.13. The molecule has 0 fully saturated rings. The third-order valence-corrected chi connectivity index (χ3v) is 4.37. The molecule has 0 amide bonds. The van der Waals surface area contributed by atoms with Crippen molar-refractivity contribution in [3.63, 3.8) is 0 Å². The van der Waals surface area contributed by atoms with Gasteiger partial charge in [-0.05, 0) is 17.7 Å². The van der Waals surface area contributed by atoms with E-state index in [0.29, 0.717) is 5.88 Å². The summed E-state index contributed by atoms with van der Waals surface area (Å²) in [4.78, 5) is 7.93. The minimum atomic E-state index is 0.104. The van der Waals surface area contributed by atoms with E-state index in [1.165, 1.54) is 5.56 Å². The van der Waals surface area contributed by atoms with Gasteiger partial charge in [-0.3, -0.25) is 0 Å². The number of hydrogen-bond acceptors (Lipinski definition) is 2. The van der Waals surface area contributed by atoms with E-state index in [0.717, 1.165) is 22.1 Å². The Balaban J connectivity index is 1.99. The van der Waals surface area contributed by atoms with Crippen molar-refractivity contribution in [2.75, 3.05) is 0 Å². The molecule has 1 aliphatic carbocycles. The second kappa shape index (κ2) is 4.66. The van der Waals surface area contributed by atoms with Gasteiger partial charge < -0.3 is 4.98 Å². The van der Waals surface area contributed by atoms with Crippen molar-refractivity contribution in [3.05, 3.63) is 40.5 Å². The number of thiazole rings is 1. The van der Waals surface area contributed by atoms with Gasteiger partial charge in [-0.1, -0.05) is 32.1 Å². The molecule has 3 rings (SSSR count). The zero-order valence-corrected chi connectivity index (χ0v) is 12.5. The van der Waals surface area contributed by atoms with E-state index in [4.69, 9.17) is 11.6 Å². The van der Waals surface area contributed by atoms with Gasteiger partial charge in [0.25, 0.3) is 0 Å². The van der Waals surface area contributed by atoms with Crippen LogP contribution in [-0.4, -0.2) is 9.97 Å². The first-order valence-corrected chi connectivity index (χ1v) is 7.61. The maximum Gasteiger partial charge on any atom is 0.140 e. The Labute approximate surface area is 121 Å². The lowest BCUT2D eigenvalue weighted by atomic mass is 9.93. The first-order chi connectivity index (χ1) is 9.07. The van der Waals surface area contributed by atoms with Crippen LogP contribution in [0.5, 0.6) is 0 Å². The van der Waals surface area contributed by atoms with Crippen LogP contribution in [0.25, 0.3) is 22.9 Å². The van der Waals surface area contributed by atoms with E-state index in [1.54, 1.807) is 11.3 Å². The molecule has 2 heterocycles. The van der Waals surface area contributed by atoms with Crippen molar-refractivity contribution in [2.24, 2.45) is 5.41 Å². The third kappa shape index (κ3) is 2.53. The van der Waals surface area contributed by atoms with Crippen molar-refractivity contribution in [1.29, 1.82) is 0 Å². The number of aromatic nitrogens is 2. The summed E-state index contributed by atoms with van der Waals surface area (Å²) in [5.74, 6) is 0.463. The van der Waals surface area contributed by atoms with Gasteiger partial charge in [0.1, 0.15) is 5.01 Å². The number of aromatic amines is 1. The van der Waals surface area contributed by atoms with E-state index in [1.807, 2.05) is 5.38 Å². The average Bonchev–Trinajstić information content (AvgIpc) is 2.98. The molecule has 2 aromatic rings. The fraction of sp³-hybridized carbons (Fsp3) is 0.267. The Hall–Kier alpha value is -1.32. The van der Waals surface area contributed by atoms with Gasteiger partial charge in [-0.25, -0.2) is 4.98 Å². The Morgan fingerprint density at radius 2 is 2.11 bits per heavy atom. The van der Waals surface area contributed by atoms with Crippen molar-refractivity contribution in [2.45, 2.75) is 19.7 Å². The molecule has 98 valence electrons. The van der Waals surface area contributed by atoms with Crippen molar-refractivity contribution in [3.8, 4) is 10.7 Å². The molecule has 1 N–H and O–H groups in total. The number of rotatable bonds is 2. The molecule has 0 saturated carbocycles. The predicted molar refractivity (Wildman–Crippen MR) is 83.3 cm³/mol. The monoisotopic (exact) mass is 290 g/mol. The summed E-state index contributed by atoms with van der Waals surface area (Å²) in [6.07, 6.45) is 8.75. The lowest BCUT2D eigenvalue weighted by Gasteiger charge is -2.12. The number of nitrogens with one attached hydrogen (secondary N) is 1. The SMILES string of the molecule is CC1(C)C=Cc2cc(-c3nc(CCl)cs3)[nH]c2C=C1. The average molecular weight is 291 g/mol. The number of hydrogen-bond donors (Lipinski definition) is 1. The van der Waals surface area contributed by atoms with Crippen LogP contribution in [0.4, 0.5) is 0 Å². The van der Waals surface area contributed by atoms with Crippen LogP contribution >= 0.6 is 22.9 Å². The van der Waals surface area contributed by atoms with Crippen molar-refractivity contribution >= 4 is 35.1 Å². The summed E-state index contributed by atoms with van der Waals surface area (Å²) >= 11 is 7.41. The van der Waals surface area contributed by atoms with Crippen LogP contribution in [0.2, 0.25) is 0 Å². The van der Waals surface area contributed by atoms with E-state index >= 15 is 0 Å². The van der Waals surface area contributed by atoms with Gasteiger partial charge in [0, 0.05) is 16.5 Å². The van der Waals surface area contributed by atoms with Crippen molar-refractivity contribution in [1.82, 2.24) is 9.97 Å². The summed E-state index contributed by atoms with van der Waals surface area (Å²) in [6.45, 7) is 4.39. The maximum absolute atomic E-state index is 5.79. The molecule has 0 atom stereocenters. The van der Waals surface area contributed by atoms with Gasteiger partial charge in [0.15, 0.2) is 0 Å². The molecule has 2 nitrogen and oxygen atoms in total. The van der Waals surface area contributed by atoms with Crippen LogP contribution in [0.3, 0.4) is 0 Å². The largest absolute Gasteiger partial charge is 0.353 e. The van der Waals surface area contributed by atoms with Crippen LogP contribution < -0.4 is 0 Å². The lowest BCUT2D eigenvalue weighted by Crippen LogP contribution is -2.00. The molecular formula is C15H15ClN2S. The number of nitrogens with zero attached hydrogens (tertiary/aromatic N) is 1. The van der Waals surface area contributed by atoms with E-state index < -0.39 is 0 Å². The number of H-pyrrole nitrogens is 1. The van der Waals surface area contributed by atoms with Crippen LogP contribution in [-0.2, 0) is 5.88 Å². The third-order valence-electron chi connectivity index (χ3n) is 3.17. The van der Waals surface area contributed by atoms with E-state index in [-0.39, 0.29) is 5.41 Å². The minimum Gasteiger partial charge on any atom is -0.353 e. The molecule has 0 aromatic carbocycles. The molecule has 4 heteroatoms. The quantitative estimate of drug-likeness (QED) is 0.780. The summed E-state index contributed by atoms with van der Waals surface area (Å²) in [5.41, 5.74) is 4.44. The van der Waals surface area contributed by atoms with Gasteiger partial charge in [-0.2, -0.15) is 0 Å². The number of fused-ring (bicyclic) bond motifs is 1. The van der Waals surface area contributed by atoms with Crippen molar-refractivity contribution < 1.29 is 0 Å². The fourth-order valence-electron chi connectivity index (χ4n) is 2.03. The molecule has 2 aromatic heterocycles. The number of allylic oxidation sites excluding steroid dienone is 2. The predicted octanol–water partition coefficient (Wildman–Crippen LogP) is 4.94. The molecular weight excluding hydrogens is 276 g/mol. The number of alkyl halides is 1. The summed E-state index contributed by atoms with van der Waals surface area (Å²) < 4.78 is 0. The molecule has 19 heavy (non-hydrogen) atoms. The Morgan fingerprint density at radius 3 is 2.84 bits per heavy atom. The standard InChI is InChI=1S/C15H15ClN2S/c1-15(2)5-3-10-7-13(18-12(10)4-6-15)14-17-11(8-16)9-19-14/h3-7,9,18H,8H2,1-2H3. The zero-order chi connectivity index (χ0) is 13.5. The van der Waals surface area contributed by atoms with Crippen LogP contribution in [0, 0.1) is 5.41 Å². The van der Waals surface area contributed by atoms with Gasteiger partial charge in [-0.15, -0.1) is 22.9 Å². The van der Waals surface area contributed by atoms with Gasteiger partial charge >= 0.3 is 0 Å². The summed E-state index contributed by atoms with van der Waals surface area (Å²) in [6, 6.07) is 2.15. The van der Waals surface area contributed by atoms with Gasteiger partial charge in [0.05, 0.1) is 17.3 Å². The zero-order valence-electron chi connectivity index (χ0n) is 10.9. The second-order valence-electron chi connectivity index (χ2n) is 5.32. The summed E-state index contributed by atoms with van der Waals surface area (Å²) in [7, 11) is 0. The van der Waals surface area contributed by atoms with E-state index in [2.05, 4.69) is 54.2 Å². The Kier molecular flexibility index (Phi) is 3.11. The first-order valence-electron chi connectivity index (χ1n) is 6.20. The molecule has 0 radical (unpaired) electrons. The highest BCUT2D eigenvalue weighted by atomic mass is 35.5. The molecule has 0 aliphatic heterocycles. The second-order valence-corrected chi connectivity index (χ2v) is 6.44. The highest BCUT2D eigenvalue weighted by Crippen LogP contribution is 2.31.